The topological polar surface area (TPSA) is 25.8 Å². The van der Waals surface area contributed by atoms with E-state index in [0.717, 1.165) is 73.3 Å². The minimum Gasteiger partial charge on any atom is -0.232 e. The summed E-state index contributed by atoms with van der Waals surface area (Å²) in [5, 5.41) is 0. The van der Waals surface area contributed by atoms with Crippen molar-refractivity contribution < 1.29 is 0 Å². The molecule has 0 saturated carbocycles. The molecule has 324 valence electrons. The monoisotopic (exact) mass is 854 g/mol. The maximum absolute atomic E-state index is 5.41. The van der Waals surface area contributed by atoms with Crippen LogP contribution in [0.5, 0.6) is 0 Å². The van der Waals surface area contributed by atoms with Crippen LogP contribution >= 0.6 is 0 Å². The van der Waals surface area contributed by atoms with Crippen molar-refractivity contribution in [2.75, 3.05) is 0 Å². The zero-order valence-corrected chi connectivity index (χ0v) is 38.3. The summed E-state index contributed by atoms with van der Waals surface area (Å²) in [5.74, 6) is 1.35. The van der Waals surface area contributed by atoms with Crippen molar-refractivity contribution in [3.63, 3.8) is 0 Å². The van der Waals surface area contributed by atoms with Crippen molar-refractivity contribution in [3.05, 3.63) is 257 Å². The number of hydrogen-bond acceptors (Lipinski definition) is 2. The zero-order valence-electron chi connectivity index (χ0n) is 38.3. The van der Waals surface area contributed by atoms with Gasteiger partial charge in [-0.3, -0.25) is 0 Å². The Hall–Kier alpha value is -7.16. The van der Waals surface area contributed by atoms with Gasteiger partial charge >= 0.3 is 0 Å². The van der Waals surface area contributed by atoms with E-state index in [1.165, 1.54) is 72.4 Å². The van der Waals surface area contributed by atoms with Gasteiger partial charge in [0.15, 0.2) is 5.82 Å². The van der Waals surface area contributed by atoms with Crippen molar-refractivity contribution in [3.8, 4) is 33.8 Å². The highest BCUT2D eigenvalue weighted by Gasteiger charge is 2.25. The minimum atomic E-state index is 0.106. The maximum Gasteiger partial charge on any atom is 0.160 e. The summed E-state index contributed by atoms with van der Waals surface area (Å²) < 4.78 is 0. The molecule has 66 heavy (non-hydrogen) atoms. The number of benzene rings is 5. The van der Waals surface area contributed by atoms with Gasteiger partial charge in [0.1, 0.15) is 0 Å². The van der Waals surface area contributed by atoms with Gasteiger partial charge in [-0.15, -0.1) is 0 Å². The third-order valence-electron chi connectivity index (χ3n) is 13.9. The van der Waals surface area contributed by atoms with Crippen LogP contribution in [0.2, 0.25) is 0 Å². The molecule has 0 saturated heterocycles. The molecule has 6 aromatic rings. The van der Waals surface area contributed by atoms with Crippen LogP contribution in [-0.4, -0.2) is 9.97 Å². The third-order valence-corrected chi connectivity index (χ3v) is 13.9. The van der Waals surface area contributed by atoms with Crippen molar-refractivity contribution in [1.29, 1.82) is 0 Å². The van der Waals surface area contributed by atoms with Crippen LogP contribution in [-0.2, 0) is 0 Å². The third kappa shape index (κ3) is 9.33. The SMILES string of the molecule is C=C1C/C(c2ccccc2)=C(C)\C(c2ccccc2)=C/CCC1c1cccc(-c2cccc(-c3cc(C4C=C(C5=CCCC=C5)C=CC4C)nc(-c4cccc(C5=CCCC=C5)c4)n3)c2)c1. The smallest absolute Gasteiger partial charge is 0.160 e. The van der Waals surface area contributed by atoms with Gasteiger partial charge in [-0.2, -0.15) is 0 Å². The van der Waals surface area contributed by atoms with Gasteiger partial charge in [0, 0.05) is 23.0 Å². The molecule has 3 atom stereocenters. The van der Waals surface area contributed by atoms with Crippen LogP contribution in [0.4, 0.5) is 0 Å². The molecule has 2 nitrogen and oxygen atoms in total. The van der Waals surface area contributed by atoms with E-state index in [9.17, 15) is 0 Å². The fourth-order valence-corrected chi connectivity index (χ4v) is 10.2. The average molecular weight is 855 g/mol. The molecule has 0 aliphatic heterocycles. The molecule has 0 fully saturated rings. The Kier molecular flexibility index (Phi) is 12.7. The van der Waals surface area contributed by atoms with Gasteiger partial charge in [0.2, 0.25) is 0 Å². The highest BCUT2D eigenvalue weighted by molar-refractivity contribution is 5.90. The Balaban J connectivity index is 1.02. The van der Waals surface area contributed by atoms with Crippen LogP contribution in [0.25, 0.3) is 50.5 Å². The number of aromatic nitrogens is 2. The fourth-order valence-electron chi connectivity index (χ4n) is 10.2. The molecule has 0 amide bonds. The lowest BCUT2D eigenvalue weighted by Gasteiger charge is -2.25. The van der Waals surface area contributed by atoms with Crippen molar-refractivity contribution >= 4 is 16.7 Å². The highest BCUT2D eigenvalue weighted by atomic mass is 14.9. The molecular weight excluding hydrogens is 797 g/mol. The predicted octanol–water partition coefficient (Wildman–Crippen LogP) is 17.1. The highest BCUT2D eigenvalue weighted by Crippen LogP contribution is 2.43. The molecule has 2 heteroatoms. The lowest BCUT2D eigenvalue weighted by Crippen LogP contribution is -2.13. The summed E-state index contributed by atoms with van der Waals surface area (Å²) in [5.41, 5.74) is 20.6. The Morgan fingerprint density at radius 3 is 1.91 bits per heavy atom. The fraction of sp³-hybridized carbons (Fsp3) is 0.188. The first-order chi connectivity index (χ1) is 32.4. The van der Waals surface area contributed by atoms with E-state index in [-0.39, 0.29) is 17.8 Å². The molecule has 0 spiro atoms. The van der Waals surface area contributed by atoms with Gasteiger partial charge in [-0.05, 0) is 143 Å². The number of rotatable bonds is 9. The maximum atomic E-state index is 5.41. The van der Waals surface area contributed by atoms with Crippen LogP contribution in [0, 0.1) is 5.92 Å². The quantitative estimate of drug-likeness (QED) is 0.135. The Morgan fingerprint density at radius 2 is 1.17 bits per heavy atom. The zero-order chi connectivity index (χ0) is 44.8. The summed E-state index contributed by atoms with van der Waals surface area (Å²) in [6.07, 6.45) is 30.4. The van der Waals surface area contributed by atoms with Crippen LogP contribution in [0.3, 0.4) is 0 Å². The van der Waals surface area contributed by atoms with Crippen molar-refractivity contribution in [2.24, 2.45) is 5.92 Å². The Morgan fingerprint density at radius 1 is 0.530 bits per heavy atom. The van der Waals surface area contributed by atoms with E-state index >= 15 is 0 Å². The molecule has 0 bridgehead atoms. The molecule has 5 aromatic carbocycles. The summed E-state index contributed by atoms with van der Waals surface area (Å²) in [6, 6.07) is 50.9. The summed E-state index contributed by atoms with van der Waals surface area (Å²) in [7, 11) is 0. The predicted molar refractivity (Wildman–Crippen MR) is 279 cm³/mol. The first-order valence-corrected chi connectivity index (χ1v) is 24.0. The van der Waals surface area contributed by atoms with Gasteiger partial charge in [-0.1, -0.05) is 201 Å². The van der Waals surface area contributed by atoms with E-state index in [0.29, 0.717) is 0 Å². The normalized spacial score (nSPS) is 21.7. The van der Waals surface area contributed by atoms with E-state index in [4.69, 9.17) is 16.5 Å². The molecule has 10 rings (SSSR count). The Bertz CT molecular complexity index is 3040. The second-order valence-corrected chi connectivity index (χ2v) is 18.4. The standard InChI is InChI=1S/C64H58N2/c1-44-36-37-54(48-22-10-5-11-23-48)42-60(44)63-43-62(65-64(66-63)57-33-18-28-51(41-57)47-20-8-4-9-21-47)56-32-17-30-53(40-56)52-29-16-31-55(39-52)58-34-19-35-59(49-24-12-6-13-25-49)46(3)61(38-45(58)2)50-26-14-7-15-27-50/h6-8,10,12-18,20-33,35-37,39-44,58,60H,2,4-5,9,11,19,34,38H2,1,3H3/b59-35+,61-46+. The molecule has 0 radical (unpaired) electrons. The number of hydrogen-bond donors (Lipinski definition) is 0. The van der Waals surface area contributed by atoms with Gasteiger partial charge in [-0.25, -0.2) is 9.97 Å². The largest absolute Gasteiger partial charge is 0.232 e. The van der Waals surface area contributed by atoms with Crippen LogP contribution in [0.15, 0.2) is 229 Å². The van der Waals surface area contributed by atoms with Crippen LogP contribution in [0.1, 0.15) is 98.6 Å². The van der Waals surface area contributed by atoms with E-state index in [1.807, 2.05) is 0 Å². The minimum absolute atomic E-state index is 0.106. The van der Waals surface area contributed by atoms with Gasteiger partial charge < -0.3 is 0 Å². The molecule has 3 unspecified atom stereocenters. The lowest BCUT2D eigenvalue weighted by atomic mass is 9.81. The summed E-state index contributed by atoms with van der Waals surface area (Å²) in [4.78, 5) is 10.8. The summed E-state index contributed by atoms with van der Waals surface area (Å²) in [6.45, 7) is 9.44. The molecule has 1 heterocycles. The van der Waals surface area contributed by atoms with E-state index in [2.05, 4.69) is 214 Å². The second kappa shape index (κ2) is 19.5. The number of nitrogens with zero attached hydrogens (tertiary/aromatic N) is 2. The first kappa shape index (κ1) is 42.8. The van der Waals surface area contributed by atoms with Gasteiger partial charge in [0.05, 0.1) is 11.4 Å². The van der Waals surface area contributed by atoms with Gasteiger partial charge in [0.25, 0.3) is 0 Å². The molecule has 4 aliphatic carbocycles. The molecular formula is C64H58N2. The summed E-state index contributed by atoms with van der Waals surface area (Å²) >= 11 is 0. The van der Waals surface area contributed by atoms with E-state index < -0.39 is 0 Å². The molecule has 0 N–H and O–H groups in total. The average Bonchev–Trinajstić information content (AvgIpc) is 3.45. The van der Waals surface area contributed by atoms with Crippen molar-refractivity contribution in [1.82, 2.24) is 9.97 Å². The van der Waals surface area contributed by atoms with Crippen LogP contribution < -0.4 is 0 Å². The van der Waals surface area contributed by atoms with E-state index in [1.54, 1.807) is 0 Å². The van der Waals surface area contributed by atoms with Crippen molar-refractivity contribution in [2.45, 2.75) is 70.6 Å². The molecule has 4 aliphatic rings. The second-order valence-electron chi connectivity index (χ2n) is 18.4. The molecule has 1 aromatic heterocycles. The lowest BCUT2D eigenvalue weighted by molar-refractivity contribution is 0.616. The Labute approximate surface area is 392 Å². The number of allylic oxidation sites excluding steroid dienone is 17. The first-order valence-electron chi connectivity index (χ1n) is 24.0.